The van der Waals surface area contributed by atoms with Gasteiger partial charge in [0.1, 0.15) is 6.34 Å². The van der Waals surface area contributed by atoms with Crippen LogP contribution in [0.5, 0.6) is 0 Å². The lowest BCUT2D eigenvalue weighted by Crippen LogP contribution is -2.54. The highest BCUT2D eigenvalue weighted by Crippen LogP contribution is 2.39. The van der Waals surface area contributed by atoms with Crippen LogP contribution in [0.3, 0.4) is 0 Å². The second kappa shape index (κ2) is 2.67. The molecule has 0 amide bonds. The number of nitrogens with one attached hydrogen (secondary N) is 1. The summed E-state index contributed by atoms with van der Waals surface area (Å²) < 4.78 is 71.8. The van der Waals surface area contributed by atoms with Crippen LogP contribution in [0, 0.1) is 0 Å². The molecule has 0 saturated heterocycles. The normalized spacial score (nSPS) is 23.5. The minimum absolute atomic E-state index is 0.0537. The van der Waals surface area contributed by atoms with Gasteiger partial charge < -0.3 is 0 Å². The Morgan fingerprint density at radius 3 is 2.08 bits per heavy atom. The lowest BCUT2D eigenvalue weighted by Gasteiger charge is -2.28. The summed E-state index contributed by atoms with van der Waals surface area (Å²) in [6, 6.07) is -5.26. The van der Waals surface area contributed by atoms with Gasteiger partial charge in [0.05, 0.1) is 0 Å². The van der Waals surface area contributed by atoms with E-state index in [9.17, 15) is 26.3 Å². The Morgan fingerprint density at radius 2 is 1.77 bits per heavy atom. The van der Waals surface area contributed by atoms with Crippen molar-refractivity contribution < 1.29 is 26.3 Å². The molecule has 0 aromatic rings. The third-order valence-corrected chi connectivity index (χ3v) is 1.27. The first kappa shape index (κ1) is 9.93. The molecule has 0 fully saturated rings. The van der Waals surface area contributed by atoms with Crippen molar-refractivity contribution >= 4 is 6.34 Å². The van der Waals surface area contributed by atoms with E-state index in [0.717, 1.165) is 0 Å². The Bertz CT molecular complexity index is 222. The maximum atomic E-state index is 12.3. The van der Waals surface area contributed by atoms with Crippen LogP contribution in [0.2, 0.25) is 0 Å². The van der Waals surface area contributed by atoms with Crippen molar-refractivity contribution in [3.63, 3.8) is 0 Å². The molecule has 3 nitrogen and oxygen atoms in total. The van der Waals surface area contributed by atoms with Gasteiger partial charge in [-0.25, -0.2) is 4.90 Å². The fourth-order valence-electron chi connectivity index (χ4n) is 0.639. The summed E-state index contributed by atoms with van der Waals surface area (Å²) in [5.74, 6) is 0. The zero-order valence-electron chi connectivity index (χ0n) is 5.82. The number of hydrogen-bond acceptors (Lipinski definition) is 3. The SMILES string of the molecule is FC1NN=CN1C(F)(F)C(F)(F)F. The first-order chi connectivity index (χ1) is 5.77. The van der Waals surface area contributed by atoms with Gasteiger partial charge >= 0.3 is 12.2 Å². The second-order valence-corrected chi connectivity index (χ2v) is 2.16. The molecular weight excluding hydrogens is 204 g/mol. The Hall–Kier alpha value is -1.15. The van der Waals surface area contributed by atoms with E-state index in [1.807, 2.05) is 0 Å². The smallest absolute Gasteiger partial charge is 0.258 e. The fourth-order valence-corrected chi connectivity index (χ4v) is 0.639. The average Bonchev–Trinajstić information content (AvgIpc) is 2.32. The summed E-state index contributed by atoms with van der Waals surface area (Å²) in [5, 5.41) is 2.72. The molecule has 1 atom stereocenters. The minimum atomic E-state index is -5.84. The number of hydrazone groups is 1. The van der Waals surface area contributed by atoms with Crippen LogP contribution >= 0.6 is 0 Å². The van der Waals surface area contributed by atoms with E-state index >= 15 is 0 Å². The quantitative estimate of drug-likeness (QED) is 0.517. The molecule has 0 spiro atoms. The average molecular weight is 207 g/mol. The van der Waals surface area contributed by atoms with E-state index in [1.165, 1.54) is 5.43 Å². The molecule has 1 rings (SSSR count). The van der Waals surface area contributed by atoms with Gasteiger partial charge in [-0.15, -0.1) is 0 Å². The van der Waals surface area contributed by atoms with Crippen LogP contribution < -0.4 is 5.43 Å². The summed E-state index contributed by atoms with van der Waals surface area (Å²) in [6.45, 7) is 0. The van der Waals surface area contributed by atoms with E-state index < -0.39 is 23.5 Å². The van der Waals surface area contributed by atoms with Crippen LogP contribution in [-0.2, 0) is 0 Å². The van der Waals surface area contributed by atoms with Gasteiger partial charge in [0.2, 0.25) is 0 Å². The van der Waals surface area contributed by atoms with Crippen LogP contribution in [0.1, 0.15) is 0 Å². The molecule has 13 heavy (non-hydrogen) atoms. The van der Waals surface area contributed by atoms with Crippen molar-refractivity contribution in [2.75, 3.05) is 0 Å². The van der Waals surface area contributed by atoms with Gasteiger partial charge in [0, 0.05) is 0 Å². The molecule has 76 valence electrons. The zero-order valence-corrected chi connectivity index (χ0v) is 5.82. The minimum Gasteiger partial charge on any atom is -0.258 e. The molecule has 0 aromatic heterocycles. The molecular formula is C4H3F6N3. The first-order valence-electron chi connectivity index (χ1n) is 2.92. The van der Waals surface area contributed by atoms with Crippen molar-refractivity contribution in [3.05, 3.63) is 0 Å². The Labute approximate surface area is 68.0 Å². The number of hydrogen-bond donors (Lipinski definition) is 1. The Kier molecular flexibility index (Phi) is 2.04. The van der Waals surface area contributed by atoms with Crippen molar-refractivity contribution in [3.8, 4) is 0 Å². The van der Waals surface area contributed by atoms with Gasteiger partial charge in [-0.05, 0) is 0 Å². The zero-order chi connectivity index (χ0) is 10.3. The molecule has 0 aliphatic carbocycles. The standard InChI is InChI=1S/C4H3F6N3/c5-2-12-11-1-13(2)4(9,10)3(6,7)8/h1-2,12H. The molecule has 9 heteroatoms. The van der Waals surface area contributed by atoms with E-state index in [-0.39, 0.29) is 6.34 Å². The number of alkyl halides is 6. The van der Waals surface area contributed by atoms with Crippen LogP contribution in [-0.4, -0.2) is 29.9 Å². The van der Waals surface area contributed by atoms with Gasteiger partial charge in [0.25, 0.3) is 6.42 Å². The van der Waals surface area contributed by atoms with Gasteiger partial charge in [0.15, 0.2) is 0 Å². The maximum Gasteiger partial charge on any atom is 0.475 e. The molecule has 0 saturated carbocycles. The monoisotopic (exact) mass is 207 g/mol. The van der Waals surface area contributed by atoms with Gasteiger partial charge in [-0.1, -0.05) is 0 Å². The molecule has 0 aromatic carbocycles. The van der Waals surface area contributed by atoms with Crippen molar-refractivity contribution in [1.82, 2.24) is 10.3 Å². The highest BCUT2D eigenvalue weighted by molar-refractivity contribution is 5.57. The van der Waals surface area contributed by atoms with E-state index in [1.54, 1.807) is 0 Å². The van der Waals surface area contributed by atoms with Gasteiger partial charge in [-0.3, -0.25) is 5.43 Å². The highest BCUT2D eigenvalue weighted by Gasteiger charge is 2.64. The van der Waals surface area contributed by atoms with Crippen molar-refractivity contribution in [2.45, 2.75) is 18.6 Å². The summed E-state index contributed by atoms with van der Waals surface area (Å²) in [5.41, 5.74) is 1.40. The van der Waals surface area contributed by atoms with Crippen molar-refractivity contribution in [2.24, 2.45) is 5.10 Å². The Morgan fingerprint density at radius 1 is 1.23 bits per heavy atom. The topological polar surface area (TPSA) is 27.6 Å². The van der Waals surface area contributed by atoms with Crippen LogP contribution in [0.15, 0.2) is 5.10 Å². The van der Waals surface area contributed by atoms with Gasteiger partial charge in [-0.2, -0.15) is 31.4 Å². The first-order valence-corrected chi connectivity index (χ1v) is 2.92. The predicted octanol–water partition coefficient (Wildman–Crippen LogP) is 1.24. The second-order valence-electron chi connectivity index (χ2n) is 2.16. The number of halogens is 6. The van der Waals surface area contributed by atoms with Crippen LogP contribution in [0.4, 0.5) is 26.3 Å². The number of rotatable bonds is 1. The summed E-state index contributed by atoms with van der Waals surface area (Å²) in [6.07, 6.45) is -8.45. The molecule has 1 aliphatic heterocycles. The third kappa shape index (κ3) is 1.49. The molecule has 1 heterocycles. The van der Waals surface area contributed by atoms with E-state index in [0.29, 0.717) is 0 Å². The third-order valence-electron chi connectivity index (χ3n) is 1.27. The Balaban J connectivity index is 2.86. The van der Waals surface area contributed by atoms with E-state index in [2.05, 4.69) is 5.10 Å². The summed E-state index contributed by atoms with van der Waals surface area (Å²) in [4.78, 5) is -0.854. The van der Waals surface area contributed by atoms with E-state index in [4.69, 9.17) is 0 Å². The molecule has 0 radical (unpaired) electrons. The molecule has 1 aliphatic rings. The predicted molar refractivity (Wildman–Crippen MR) is 29.4 cm³/mol. The molecule has 0 bridgehead atoms. The van der Waals surface area contributed by atoms with Crippen molar-refractivity contribution in [1.29, 1.82) is 0 Å². The molecule has 1 N–H and O–H groups in total. The number of nitrogens with zero attached hydrogens (tertiary/aromatic N) is 2. The maximum absolute atomic E-state index is 12.3. The lowest BCUT2D eigenvalue weighted by molar-refractivity contribution is -0.336. The fraction of sp³-hybridized carbons (Fsp3) is 0.750. The van der Waals surface area contributed by atoms with Crippen LogP contribution in [0.25, 0.3) is 0 Å². The lowest BCUT2D eigenvalue weighted by atomic mass is 10.5. The highest BCUT2D eigenvalue weighted by atomic mass is 19.4. The molecule has 1 unspecified atom stereocenters. The summed E-state index contributed by atoms with van der Waals surface area (Å²) >= 11 is 0. The largest absolute Gasteiger partial charge is 0.475 e. The summed E-state index contributed by atoms with van der Waals surface area (Å²) in [7, 11) is 0.